The van der Waals surface area contributed by atoms with Crippen LogP contribution in [0.25, 0.3) is 10.2 Å². The van der Waals surface area contributed by atoms with Gasteiger partial charge >= 0.3 is 0 Å². The van der Waals surface area contributed by atoms with Gasteiger partial charge < -0.3 is 4.74 Å². The molecule has 0 radical (unpaired) electrons. The highest BCUT2D eigenvalue weighted by molar-refractivity contribution is 7.22. The van der Waals surface area contributed by atoms with Crippen LogP contribution in [-0.2, 0) is 11.2 Å². The Kier molecular flexibility index (Phi) is 5.83. The number of anilines is 2. The smallest absolute Gasteiger partial charge is 0.239 e. The summed E-state index contributed by atoms with van der Waals surface area (Å²) < 4.78 is 6.62. The Labute approximate surface area is 184 Å². The van der Waals surface area contributed by atoms with Crippen molar-refractivity contribution in [3.8, 4) is 5.75 Å². The minimum Gasteiger partial charge on any atom is -0.495 e. The van der Waals surface area contributed by atoms with Crippen molar-refractivity contribution in [3.05, 3.63) is 64.1 Å². The number of rotatable bonds is 6. The molecule has 30 heavy (non-hydrogen) atoms. The molecule has 2 heterocycles. The number of aryl methyl sites for hydroxylation is 1. The molecule has 0 N–H and O–H groups in total. The van der Waals surface area contributed by atoms with Gasteiger partial charge in [0.25, 0.3) is 0 Å². The number of hydrogen-bond donors (Lipinski definition) is 0. The third kappa shape index (κ3) is 4.08. The molecule has 154 valence electrons. The summed E-state index contributed by atoms with van der Waals surface area (Å²) in [4.78, 5) is 24.6. The first-order valence-corrected chi connectivity index (χ1v) is 11.4. The van der Waals surface area contributed by atoms with E-state index in [1.807, 2.05) is 54.8 Å². The highest BCUT2D eigenvalue weighted by Crippen LogP contribution is 2.39. The molecule has 5 nitrogen and oxygen atoms in total. The average Bonchev–Trinajstić information content (AvgIpc) is 3.35. The lowest BCUT2D eigenvalue weighted by Gasteiger charge is -2.22. The van der Waals surface area contributed by atoms with Crippen LogP contribution in [0.3, 0.4) is 0 Å². The molecule has 7 heteroatoms. The average molecular weight is 438 g/mol. The van der Waals surface area contributed by atoms with Crippen molar-refractivity contribution >= 4 is 49.6 Å². The molecule has 0 saturated carbocycles. The third-order valence-corrected chi connectivity index (χ3v) is 6.91. The van der Waals surface area contributed by atoms with E-state index in [0.29, 0.717) is 22.5 Å². The van der Waals surface area contributed by atoms with E-state index in [1.54, 1.807) is 23.3 Å². The van der Waals surface area contributed by atoms with Gasteiger partial charge in [-0.3, -0.25) is 9.69 Å². The fourth-order valence-electron chi connectivity index (χ4n) is 3.18. The molecular formula is C23H23N3O2S2. The number of thiazole rings is 2. The van der Waals surface area contributed by atoms with Crippen LogP contribution < -0.4 is 9.64 Å². The van der Waals surface area contributed by atoms with E-state index in [4.69, 9.17) is 9.72 Å². The van der Waals surface area contributed by atoms with E-state index in [-0.39, 0.29) is 12.3 Å². The predicted octanol–water partition coefficient (Wildman–Crippen LogP) is 6.10. The monoisotopic (exact) mass is 437 g/mol. The lowest BCUT2D eigenvalue weighted by molar-refractivity contribution is -0.117. The van der Waals surface area contributed by atoms with Crippen LogP contribution in [0, 0.1) is 6.92 Å². The number of nitrogens with zero attached hydrogens (tertiary/aromatic N) is 3. The molecule has 0 fully saturated rings. The zero-order valence-corrected chi connectivity index (χ0v) is 19.0. The molecular weight excluding hydrogens is 414 g/mol. The Morgan fingerprint density at radius 1 is 1.17 bits per heavy atom. The second-order valence-electron chi connectivity index (χ2n) is 7.38. The van der Waals surface area contributed by atoms with Gasteiger partial charge in [0.2, 0.25) is 5.91 Å². The molecule has 0 unspecified atom stereocenters. The van der Waals surface area contributed by atoms with E-state index < -0.39 is 0 Å². The number of fused-ring (bicyclic) bond motifs is 1. The summed E-state index contributed by atoms with van der Waals surface area (Å²) in [5.74, 6) is 0.893. The largest absolute Gasteiger partial charge is 0.495 e. The molecule has 0 saturated heterocycles. The number of hydrogen-bond acceptors (Lipinski definition) is 6. The zero-order valence-electron chi connectivity index (χ0n) is 17.4. The summed E-state index contributed by atoms with van der Waals surface area (Å²) in [7, 11) is 1.62. The maximum Gasteiger partial charge on any atom is 0.239 e. The van der Waals surface area contributed by atoms with E-state index >= 15 is 0 Å². The summed E-state index contributed by atoms with van der Waals surface area (Å²) in [5, 5.41) is 3.64. The number of amides is 1. The maximum atomic E-state index is 13.6. The molecule has 2 aromatic heterocycles. The Morgan fingerprint density at radius 2 is 1.97 bits per heavy atom. The van der Waals surface area contributed by atoms with Crippen molar-refractivity contribution in [2.45, 2.75) is 33.1 Å². The highest BCUT2D eigenvalue weighted by Gasteiger charge is 2.26. The summed E-state index contributed by atoms with van der Waals surface area (Å²) in [5.41, 5.74) is 3.39. The fraction of sp³-hybridized carbons (Fsp3) is 0.261. The van der Waals surface area contributed by atoms with Crippen LogP contribution in [0.5, 0.6) is 5.75 Å². The van der Waals surface area contributed by atoms with E-state index in [9.17, 15) is 4.79 Å². The van der Waals surface area contributed by atoms with Gasteiger partial charge in [-0.25, -0.2) is 9.97 Å². The topological polar surface area (TPSA) is 55.3 Å². The SMILES string of the molecule is COc1ccc(C)cc1N(C(=O)Cc1csc(C(C)C)n1)c1nc2ccccc2s1. The summed E-state index contributed by atoms with van der Waals surface area (Å²) in [6.07, 6.45) is 0.205. The lowest BCUT2D eigenvalue weighted by atomic mass is 10.1. The number of aromatic nitrogens is 2. The number of ether oxygens (including phenoxy) is 1. The van der Waals surface area contributed by atoms with Gasteiger partial charge in [-0.05, 0) is 36.8 Å². The van der Waals surface area contributed by atoms with Crippen LogP contribution >= 0.6 is 22.7 Å². The molecule has 0 aliphatic rings. The molecule has 0 spiro atoms. The molecule has 0 bridgehead atoms. The van der Waals surface area contributed by atoms with Gasteiger partial charge in [0.15, 0.2) is 5.13 Å². The maximum absolute atomic E-state index is 13.6. The molecule has 4 aromatic rings. The van der Waals surface area contributed by atoms with Crippen LogP contribution in [0.1, 0.15) is 36.0 Å². The Balaban J connectivity index is 1.78. The Hall–Kier alpha value is -2.77. The van der Waals surface area contributed by atoms with Crippen LogP contribution in [0.15, 0.2) is 47.8 Å². The second kappa shape index (κ2) is 8.53. The summed E-state index contributed by atoms with van der Waals surface area (Å²) >= 11 is 3.09. The lowest BCUT2D eigenvalue weighted by Crippen LogP contribution is -2.28. The quantitative estimate of drug-likeness (QED) is 0.366. The molecule has 0 atom stereocenters. The van der Waals surface area contributed by atoms with Crippen LogP contribution in [-0.4, -0.2) is 23.0 Å². The van der Waals surface area contributed by atoms with Crippen molar-refractivity contribution in [2.75, 3.05) is 12.0 Å². The Morgan fingerprint density at radius 3 is 2.67 bits per heavy atom. The first kappa shape index (κ1) is 20.5. The second-order valence-corrected chi connectivity index (χ2v) is 9.28. The zero-order chi connectivity index (χ0) is 21.3. The molecule has 0 aliphatic carbocycles. The van der Waals surface area contributed by atoms with E-state index in [0.717, 1.165) is 26.5 Å². The van der Waals surface area contributed by atoms with Crippen LogP contribution in [0.4, 0.5) is 10.8 Å². The van der Waals surface area contributed by atoms with Gasteiger partial charge in [0.1, 0.15) is 5.75 Å². The Bertz CT molecular complexity index is 1160. The van der Waals surface area contributed by atoms with Crippen molar-refractivity contribution in [1.29, 1.82) is 0 Å². The molecule has 2 aromatic carbocycles. The molecule has 1 amide bonds. The highest BCUT2D eigenvalue weighted by atomic mass is 32.1. The van der Waals surface area contributed by atoms with Gasteiger partial charge in [0.05, 0.1) is 40.1 Å². The van der Waals surface area contributed by atoms with Crippen molar-refractivity contribution in [3.63, 3.8) is 0 Å². The molecule has 4 rings (SSSR count). The van der Waals surface area contributed by atoms with Gasteiger partial charge in [-0.15, -0.1) is 11.3 Å². The molecule has 0 aliphatic heterocycles. The number of para-hydroxylation sites is 1. The normalized spacial score (nSPS) is 11.2. The van der Waals surface area contributed by atoms with Crippen LogP contribution in [0.2, 0.25) is 0 Å². The number of methoxy groups -OCH3 is 1. The number of carbonyl (C=O) groups is 1. The van der Waals surface area contributed by atoms with Gasteiger partial charge in [-0.1, -0.05) is 43.4 Å². The first-order valence-electron chi connectivity index (χ1n) is 9.73. The standard InChI is InChI=1S/C23H23N3O2S2/c1-14(2)22-24-16(13-29-22)12-21(27)26(18-11-15(3)9-10-19(18)28-4)23-25-17-7-5-6-8-20(17)30-23/h5-11,13-14H,12H2,1-4H3. The summed E-state index contributed by atoms with van der Waals surface area (Å²) in [6, 6.07) is 13.7. The van der Waals surface area contributed by atoms with Crippen molar-refractivity contribution in [2.24, 2.45) is 0 Å². The predicted molar refractivity (Wildman–Crippen MR) is 124 cm³/mol. The van der Waals surface area contributed by atoms with E-state index in [2.05, 4.69) is 18.8 Å². The van der Waals surface area contributed by atoms with Gasteiger partial charge in [0, 0.05) is 11.3 Å². The van der Waals surface area contributed by atoms with Gasteiger partial charge in [-0.2, -0.15) is 0 Å². The minimum atomic E-state index is -0.0847. The minimum absolute atomic E-state index is 0.0847. The van der Waals surface area contributed by atoms with Crippen molar-refractivity contribution in [1.82, 2.24) is 9.97 Å². The van der Waals surface area contributed by atoms with Crippen molar-refractivity contribution < 1.29 is 9.53 Å². The fourth-order valence-corrected chi connectivity index (χ4v) is 5.01. The third-order valence-electron chi connectivity index (χ3n) is 4.69. The number of benzene rings is 2. The first-order chi connectivity index (χ1) is 14.5. The summed E-state index contributed by atoms with van der Waals surface area (Å²) in [6.45, 7) is 6.21. The van der Waals surface area contributed by atoms with E-state index in [1.165, 1.54) is 11.3 Å². The number of carbonyl (C=O) groups excluding carboxylic acids is 1.